The standard InChI is InChI=1S/C55H65F2N9O9/c1-4-37-40(56)12-10-34-8-5-9-38(46(34)37)48-47(57)49-39(31-59-48)50(64-23-6-18-54(2,71)33-64)61-44(60-49)17-21-55-19-7-24-65(55)35(16-20-55)32-75-52(69)58-22-25-72-26-27-73-28-29-74-36-11-13-41-43(30-36)63(3)53(70)66(41)42-14-15-45(67)62-51(42)68/h5,8-13,30-31,35,42,71H,4,6-7,14-29,32-33H2,1-3H3,(H,58,69)(H,62,67,68)/t35-,42?,54+,55-/m0/s1. The van der Waals surface area contributed by atoms with Gasteiger partial charge in [-0.05, 0) is 106 Å². The van der Waals surface area contributed by atoms with Gasteiger partial charge in [-0.25, -0.2) is 28.3 Å². The molecule has 3 aromatic heterocycles. The monoisotopic (exact) mass is 1030 g/mol. The maximum atomic E-state index is 17.2. The summed E-state index contributed by atoms with van der Waals surface area (Å²) in [5.74, 6) is -0.191. The van der Waals surface area contributed by atoms with Gasteiger partial charge >= 0.3 is 11.8 Å². The van der Waals surface area contributed by atoms with Crippen LogP contribution in [0.3, 0.4) is 0 Å². The summed E-state index contributed by atoms with van der Waals surface area (Å²) >= 11 is 0. The fraction of sp³-hybridized carbons (Fsp3) is 0.509. The normalized spacial score (nSPS) is 22.1. The van der Waals surface area contributed by atoms with Gasteiger partial charge in [-0.15, -0.1) is 0 Å². The lowest BCUT2D eigenvalue weighted by Gasteiger charge is -2.38. The number of β-amino-alcohol motifs (C(OH)–C–C–N with tert-alkyl or cyclic N) is 1. The van der Waals surface area contributed by atoms with Crippen molar-refractivity contribution >= 4 is 56.4 Å². The minimum absolute atomic E-state index is 0.0486. The fourth-order valence-corrected chi connectivity index (χ4v) is 12.0. The Balaban J connectivity index is 0.693. The number of amides is 3. The van der Waals surface area contributed by atoms with E-state index in [1.54, 1.807) is 43.6 Å². The Morgan fingerprint density at radius 2 is 1.76 bits per heavy atom. The number of rotatable bonds is 19. The Morgan fingerprint density at radius 1 is 0.947 bits per heavy atom. The molecule has 0 bridgehead atoms. The van der Waals surface area contributed by atoms with Crippen LogP contribution in [0.5, 0.6) is 5.75 Å². The molecule has 3 amide bonds. The molecule has 0 radical (unpaired) electrons. The second kappa shape index (κ2) is 21.9. The molecule has 3 N–H and O–H groups in total. The molecule has 0 aliphatic carbocycles. The number of anilines is 1. The zero-order valence-corrected chi connectivity index (χ0v) is 42.8. The van der Waals surface area contributed by atoms with E-state index in [1.807, 2.05) is 30.9 Å². The van der Waals surface area contributed by atoms with Crippen LogP contribution in [0.25, 0.3) is 44.0 Å². The van der Waals surface area contributed by atoms with Gasteiger partial charge in [0.15, 0.2) is 5.82 Å². The van der Waals surface area contributed by atoms with E-state index in [1.165, 1.54) is 15.2 Å². The summed E-state index contributed by atoms with van der Waals surface area (Å²) in [6, 6.07) is 13.1. The first-order valence-electron chi connectivity index (χ1n) is 26.3. The predicted octanol–water partition coefficient (Wildman–Crippen LogP) is 6.44. The molecule has 4 aliphatic rings. The number of nitrogens with zero attached hydrogens (tertiary/aromatic N) is 7. The van der Waals surface area contributed by atoms with Gasteiger partial charge in [-0.2, -0.15) is 0 Å². The number of carbonyl (C=O) groups excluding carboxylic acids is 3. The Bertz CT molecular complexity index is 3200. The number of halogens is 2. The molecule has 0 saturated carbocycles. The molecule has 4 aliphatic heterocycles. The highest BCUT2D eigenvalue weighted by molar-refractivity contribution is 6.01. The molecule has 18 nitrogen and oxygen atoms in total. The molecule has 398 valence electrons. The molecular formula is C55H65F2N9O9. The quantitative estimate of drug-likeness (QED) is 0.0591. The van der Waals surface area contributed by atoms with E-state index in [9.17, 15) is 24.3 Å². The molecule has 6 aromatic rings. The van der Waals surface area contributed by atoms with Gasteiger partial charge in [0.1, 0.15) is 53.7 Å². The van der Waals surface area contributed by atoms with Crippen LogP contribution in [0.4, 0.5) is 19.4 Å². The third-order valence-corrected chi connectivity index (χ3v) is 15.6. The number of hydrogen-bond donors (Lipinski definition) is 3. The second-order valence-electron chi connectivity index (χ2n) is 20.6. The predicted molar refractivity (Wildman–Crippen MR) is 277 cm³/mol. The number of imidazole rings is 1. The first-order valence-corrected chi connectivity index (χ1v) is 26.3. The van der Waals surface area contributed by atoms with Crippen LogP contribution < -0.4 is 26.0 Å². The van der Waals surface area contributed by atoms with Gasteiger partial charge in [0.05, 0.1) is 48.4 Å². The number of hydrogen-bond acceptors (Lipinski definition) is 14. The van der Waals surface area contributed by atoms with E-state index in [2.05, 4.69) is 20.5 Å². The number of aromatic nitrogens is 5. The molecule has 20 heteroatoms. The van der Waals surface area contributed by atoms with Gasteiger partial charge in [-0.1, -0.05) is 31.2 Å². The molecule has 0 spiro atoms. The Labute approximate surface area is 432 Å². The smallest absolute Gasteiger partial charge is 0.407 e. The van der Waals surface area contributed by atoms with Crippen molar-refractivity contribution in [3.8, 4) is 17.0 Å². The van der Waals surface area contributed by atoms with E-state index < -0.39 is 29.5 Å². The maximum absolute atomic E-state index is 17.2. The van der Waals surface area contributed by atoms with E-state index in [4.69, 9.17) is 28.9 Å². The summed E-state index contributed by atoms with van der Waals surface area (Å²) in [6.07, 6.45) is 8.32. The first kappa shape index (κ1) is 51.9. The maximum Gasteiger partial charge on any atom is 0.407 e. The molecule has 75 heavy (non-hydrogen) atoms. The summed E-state index contributed by atoms with van der Waals surface area (Å²) in [5, 5.41) is 18.1. The summed E-state index contributed by atoms with van der Waals surface area (Å²) in [4.78, 5) is 69.1. The van der Waals surface area contributed by atoms with E-state index in [0.29, 0.717) is 102 Å². The third kappa shape index (κ3) is 10.7. The highest BCUT2D eigenvalue weighted by atomic mass is 19.1. The van der Waals surface area contributed by atoms with E-state index in [0.717, 1.165) is 50.5 Å². The van der Waals surface area contributed by atoms with Crippen LogP contribution in [-0.2, 0) is 43.7 Å². The van der Waals surface area contributed by atoms with Crippen molar-refractivity contribution in [1.29, 1.82) is 0 Å². The lowest BCUT2D eigenvalue weighted by Crippen LogP contribution is -2.46. The van der Waals surface area contributed by atoms with Crippen molar-refractivity contribution in [3.63, 3.8) is 0 Å². The zero-order valence-electron chi connectivity index (χ0n) is 42.8. The van der Waals surface area contributed by atoms with Crippen molar-refractivity contribution in [1.82, 2.24) is 39.6 Å². The molecule has 4 atom stereocenters. The SMILES string of the molecule is CCc1c(F)ccc2cccc(-c3ncc4c(N5CCC[C@@](C)(O)C5)nc(CC[C@@]56CCCN5[C@H](COC(=O)NCCOCCOCCOc5ccc7c(c5)n(C)c(=O)n7C5CCC(=O)NC5=O)CC6)nc4c3F)c12. The summed E-state index contributed by atoms with van der Waals surface area (Å²) in [5.41, 5.74) is 0.985. The number of alkyl carbamates (subject to hydrolysis) is 1. The molecule has 7 heterocycles. The first-order chi connectivity index (χ1) is 36.2. The number of fused-ring (bicyclic) bond motifs is 4. The molecule has 4 fully saturated rings. The molecule has 4 saturated heterocycles. The highest BCUT2D eigenvalue weighted by Crippen LogP contribution is 2.46. The molecule has 3 aromatic carbocycles. The van der Waals surface area contributed by atoms with Crippen molar-refractivity contribution in [2.45, 2.75) is 108 Å². The van der Waals surface area contributed by atoms with Crippen LogP contribution in [-0.4, -0.2) is 135 Å². The summed E-state index contributed by atoms with van der Waals surface area (Å²) < 4.78 is 58.1. The zero-order chi connectivity index (χ0) is 52.4. The van der Waals surface area contributed by atoms with Crippen LogP contribution in [0.1, 0.15) is 89.1 Å². The van der Waals surface area contributed by atoms with Crippen LogP contribution in [0.15, 0.2) is 59.5 Å². The van der Waals surface area contributed by atoms with Crippen molar-refractivity contribution in [2.75, 3.05) is 70.7 Å². The number of carbonyl (C=O) groups is 3. The fourth-order valence-electron chi connectivity index (χ4n) is 12.0. The molecular weight excluding hydrogens is 969 g/mol. The van der Waals surface area contributed by atoms with E-state index in [-0.39, 0.29) is 79.4 Å². The number of imide groups is 1. The van der Waals surface area contributed by atoms with E-state index >= 15 is 8.78 Å². The number of nitrogens with one attached hydrogen (secondary N) is 2. The summed E-state index contributed by atoms with van der Waals surface area (Å²) in [6.45, 7) is 7.49. The second-order valence-corrected chi connectivity index (χ2v) is 20.6. The lowest BCUT2D eigenvalue weighted by atomic mass is 9.88. The summed E-state index contributed by atoms with van der Waals surface area (Å²) in [7, 11) is 1.62. The average molecular weight is 1030 g/mol. The number of aryl methyl sites for hydroxylation is 3. The minimum Gasteiger partial charge on any atom is -0.491 e. The van der Waals surface area contributed by atoms with Crippen molar-refractivity contribution in [3.05, 3.63) is 88.2 Å². The van der Waals surface area contributed by atoms with Crippen molar-refractivity contribution < 1.29 is 47.2 Å². The Kier molecular flexibility index (Phi) is 15.2. The van der Waals surface area contributed by atoms with Gasteiger partial charge in [-0.3, -0.25) is 33.9 Å². The number of pyridine rings is 1. The highest BCUT2D eigenvalue weighted by Gasteiger charge is 2.49. The van der Waals surface area contributed by atoms with Crippen LogP contribution in [0, 0.1) is 11.6 Å². The van der Waals surface area contributed by atoms with Gasteiger partial charge < -0.3 is 34.3 Å². The third-order valence-electron chi connectivity index (χ3n) is 15.6. The number of aliphatic hydroxyl groups is 1. The number of ether oxygens (including phenoxy) is 4. The van der Waals surface area contributed by atoms with Gasteiger partial charge in [0.25, 0.3) is 0 Å². The van der Waals surface area contributed by atoms with Gasteiger partial charge in [0.2, 0.25) is 11.8 Å². The van der Waals surface area contributed by atoms with Crippen LogP contribution >= 0.6 is 0 Å². The average Bonchev–Trinajstić information content (AvgIpc) is 4.05. The van der Waals surface area contributed by atoms with Crippen LogP contribution in [0.2, 0.25) is 0 Å². The Hall–Kier alpha value is -6.61. The minimum atomic E-state index is -0.944. The van der Waals surface area contributed by atoms with Crippen molar-refractivity contribution in [2.24, 2.45) is 7.05 Å². The van der Waals surface area contributed by atoms with Gasteiger partial charge in [0, 0.05) is 68.9 Å². The molecule has 10 rings (SSSR count). The topological polar surface area (TPSA) is 204 Å². The molecule has 1 unspecified atom stereocenters. The lowest BCUT2D eigenvalue weighted by molar-refractivity contribution is -0.135. The Morgan fingerprint density at radius 3 is 2.57 bits per heavy atom. The number of benzene rings is 3. The number of piperidine rings is 2. The largest absolute Gasteiger partial charge is 0.491 e.